The summed E-state index contributed by atoms with van der Waals surface area (Å²) in [7, 11) is 0. The van der Waals surface area contributed by atoms with Crippen LogP contribution in [0.2, 0.25) is 0 Å². The van der Waals surface area contributed by atoms with Gasteiger partial charge in [-0.05, 0) is 67.2 Å². The first-order chi connectivity index (χ1) is 20.0. The zero-order valence-corrected chi connectivity index (χ0v) is 25.3. The fourth-order valence-corrected chi connectivity index (χ4v) is 2.68. The van der Waals surface area contributed by atoms with Gasteiger partial charge in [0.15, 0.2) is 34.1 Å². The van der Waals surface area contributed by atoms with Crippen LogP contribution >= 0.6 is 0 Å². The van der Waals surface area contributed by atoms with E-state index in [1.165, 1.54) is 0 Å². The smallest absolute Gasteiger partial charge is 0.414 e. The number of nitrogens with zero attached hydrogens (tertiary/aromatic N) is 2. The Morgan fingerprint density at radius 2 is 1.00 bits per heavy atom. The summed E-state index contributed by atoms with van der Waals surface area (Å²) in [5.74, 6) is -3.27. The molecular weight excluding hydrogens is 596 g/mol. The van der Waals surface area contributed by atoms with Crippen molar-refractivity contribution >= 4 is 36.0 Å². The molecule has 2 amide bonds. The van der Waals surface area contributed by atoms with Crippen molar-refractivity contribution in [3.8, 4) is 0 Å². The molecule has 0 heterocycles. The van der Waals surface area contributed by atoms with Crippen LogP contribution in [0.5, 0.6) is 0 Å². The van der Waals surface area contributed by atoms with Gasteiger partial charge in [0.1, 0.15) is 11.2 Å². The highest BCUT2D eigenvalue weighted by molar-refractivity contribution is 5.92. The van der Waals surface area contributed by atoms with Gasteiger partial charge in [-0.15, -0.1) is 10.9 Å². The van der Waals surface area contributed by atoms with Gasteiger partial charge in [-0.2, -0.15) is 0 Å². The van der Waals surface area contributed by atoms with Gasteiger partial charge < -0.3 is 30.3 Å². The molecule has 0 aliphatic carbocycles. The molecule has 0 bridgehead atoms. The van der Waals surface area contributed by atoms with Crippen LogP contribution in [0.15, 0.2) is 0 Å². The van der Waals surface area contributed by atoms with Crippen molar-refractivity contribution in [3.63, 3.8) is 0 Å². The topological polar surface area (TPSA) is 333 Å². The number of hydrogen-bond donors (Lipinski definition) is 10. The standard InChI is InChI=1S/2C11H21N5O6/c2*1-11(2,3)22-10(19)14-9(12)13-6-4-5-7(8(17)18)15-16(20)21/h2*7,15H,4-6H2,1-3H3,(H,17,18)(H3,12,13,14,19)/t2*7-/m00/s1. The summed E-state index contributed by atoms with van der Waals surface area (Å²) in [6.45, 7) is 10.4. The largest absolute Gasteiger partial charge is 0.480 e. The van der Waals surface area contributed by atoms with E-state index in [0.29, 0.717) is 0 Å². The number of hydrazine groups is 2. The second kappa shape index (κ2) is 19.9. The molecule has 0 rings (SSSR count). The van der Waals surface area contributed by atoms with E-state index < -0.39 is 57.5 Å². The lowest BCUT2D eigenvalue weighted by molar-refractivity contribution is -0.549. The molecule has 2 atom stereocenters. The van der Waals surface area contributed by atoms with Gasteiger partial charge in [0.05, 0.1) is 0 Å². The molecule has 0 aromatic rings. The Labute approximate surface area is 252 Å². The Morgan fingerprint density at radius 3 is 1.23 bits per heavy atom. The third-order valence-electron chi connectivity index (χ3n) is 4.31. The lowest BCUT2D eigenvalue weighted by Crippen LogP contribution is -2.44. The highest BCUT2D eigenvalue weighted by atomic mass is 16.7. The van der Waals surface area contributed by atoms with Crippen molar-refractivity contribution in [1.82, 2.24) is 32.1 Å². The number of carboxylic acid groups (broad SMARTS) is 2. The second-order valence-corrected chi connectivity index (χ2v) is 10.7. The van der Waals surface area contributed by atoms with Crippen molar-refractivity contribution in [2.75, 3.05) is 13.1 Å². The average molecular weight is 639 g/mol. The summed E-state index contributed by atoms with van der Waals surface area (Å²) in [6, 6.07) is -2.63. The van der Waals surface area contributed by atoms with E-state index in [9.17, 15) is 39.4 Å². The summed E-state index contributed by atoms with van der Waals surface area (Å²) in [5.41, 5.74) is 1.98. The number of nitrogens with one attached hydrogen (secondary N) is 8. The fraction of sp³-hybridized carbons (Fsp3) is 0.727. The average Bonchev–Trinajstić information content (AvgIpc) is 2.80. The number of carbonyl (C=O) groups is 4. The van der Waals surface area contributed by atoms with E-state index in [-0.39, 0.29) is 50.7 Å². The highest BCUT2D eigenvalue weighted by Gasteiger charge is 2.23. The van der Waals surface area contributed by atoms with E-state index in [0.717, 1.165) is 0 Å². The zero-order chi connectivity index (χ0) is 34.7. The molecule has 10 N–H and O–H groups in total. The van der Waals surface area contributed by atoms with Gasteiger partial charge in [0.2, 0.25) is 0 Å². The van der Waals surface area contributed by atoms with E-state index >= 15 is 0 Å². The van der Waals surface area contributed by atoms with Crippen LogP contribution in [0.25, 0.3) is 0 Å². The Bertz CT molecular complexity index is 946. The highest BCUT2D eigenvalue weighted by Crippen LogP contribution is 2.07. The van der Waals surface area contributed by atoms with Crippen molar-refractivity contribution < 1.29 is 48.9 Å². The summed E-state index contributed by atoms with van der Waals surface area (Å²) in [5, 5.41) is 60.3. The number of alkyl carbamates (subject to hydrolysis) is 2. The number of carboxylic acids is 2. The molecule has 44 heavy (non-hydrogen) atoms. The van der Waals surface area contributed by atoms with Crippen LogP contribution in [-0.2, 0) is 19.1 Å². The monoisotopic (exact) mass is 638 g/mol. The van der Waals surface area contributed by atoms with E-state index in [2.05, 4.69) is 21.3 Å². The first kappa shape index (κ1) is 41.0. The van der Waals surface area contributed by atoms with E-state index in [4.69, 9.17) is 30.5 Å². The molecule has 0 radical (unpaired) electrons. The molecule has 0 unspecified atom stereocenters. The molecule has 0 spiro atoms. The minimum absolute atomic E-state index is 0.0109. The molecule has 0 saturated carbocycles. The Kier molecular flexibility index (Phi) is 18.5. The normalized spacial score (nSPS) is 12.0. The van der Waals surface area contributed by atoms with Crippen LogP contribution in [0.3, 0.4) is 0 Å². The van der Waals surface area contributed by atoms with Crippen LogP contribution in [0.1, 0.15) is 67.2 Å². The molecule has 22 nitrogen and oxygen atoms in total. The van der Waals surface area contributed by atoms with Crippen LogP contribution < -0.4 is 32.1 Å². The number of hydrogen-bond acceptors (Lipinski definition) is 12. The van der Waals surface area contributed by atoms with Gasteiger partial charge in [0.25, 0.3) is 0 Å². The number of nitro groups is 2. The lowest BCUT2D eigenvalue weighted by Gasteiger charge is -2.20. The first-order valence-corrected chi connectivity index (χ1v) is 12.9. The van der Waals surface area contributed by atoms with Gasteiger partial charge in [-0.3, -0.25) is 21.5 Å². The van der Waals surface area contributed by atoms with Crippen molar-refractivity contribution in [1.29, 1.82) is 10.8 Å². The molecule has 22 heteroatoms. The number of guanidine groups is 2. The number of rotatable bonds is 14. The Morgan fingerprint density at radius 1 is 0.705 bits per heavy atom. The molecule has 0 saturated heterocycles. The summed E-state index contributed by atoms with van der Waals surface area (Å²) >= 11 is 0. The van der Waals surface area contributed by atoms with Crippen molar-refractivity contribution in [2.24, 2.45) is 0 Å². The Balaban J connectivity index is 0. The predicted octanol–water partition coefficient (Wildman–Crippen LogP) is 0.100. The number of carbonyl (C=O) groups excluding carboxylic acids is 2. The lowest BCUT2D eigenvalue weighted by atomic mass is 10.1. The van der Waals surface area contributed by atoms with E-state index in [1.54, 1.807) is 52.4 Å². The predicted molar refractivity (Wildman–Crippen MR) is 152 cm³/mol. The second-order valence-electron chi connectivity index (χ2n) is 10.7. The van der Waals surface area contributed by atoms with Crippen LogP contribution in [-0.4, -0.2) is 92.7 Å². The van der Waals surface area contributed by atoms with E-state index in [1.807, 2.05) is 0 Å². The minimum Gasteiger partial charge on any atom is -0.480 e. The maximum Gasteiger partial charge on any atom is 0.414 e. The molecule has 0 aromatic heterocycles. The first-order valence-electron chi connectivity index (χ1n) is 12.9. The summed E-state index contributed by atoms with van der Waals surface area (Å²) < 4.78 is 9.87. The summed E-state index contributed by atoms with van der Waals surface area (Å²) in [6.07, 6.45) is -1.11. The SMILES string of the molecule is CC(C)(C)OC(=O)NC(=N)NCCC[C@H](N[N+](=O)[O-])C(=O)O.CC(C)(C)OC(=O)NC(=N)NCCC[C@H](N[N+](=O)[O-])C(=O)O. The van der Waals surface area contributed by atoms with Gasteiger partial charge >= 0.3 is 24.1 Å². The van der Waals surface area contributed by atoms with Crippen molar-refractivity contribution in [2.45, 2.75) is 90.5 Å². The number of ether oxygens (including phenoxy) is 2. The maximum absolute atomic E-state index is 11.3. The number of amides is 2. The molecule has 0 aliphatic heterocycles. The molecular formula is C22H42N10O12. The molecule has 0 aromatic carbocycles. The Hall–Kier alpha value is -5.18. The zero-order valence-electron chi connectivity index (χ0n) is 25.3. The third kappa shape index (κ3) is 25.8. The summed E-state index contributed by atoms with van der Waals surface area (Å²) in [4.78, 5) is 64.6. The quantitative estimate of drug-likeness (QED) is 0.0396. The van der Waals surface area contributed by atoms with Crippen LogP contribution in [0, 0.1) is 31.0 Å². The minimum atomic E-state index is -1.33. The number of aliphatic carboxylic acids is 2. The van der Waals surface area contributed by atoms with Gasteiger partial charge in [-0.25, -0.2) is 39.4 Å². The van der Waals surface area contributed by atoms with Crippen molar-refractivity contribution in [3.05, 3.63) is 20.2 Å². The van der Waals surface area contributed by atoms with Crippen LogP contribution in [0.4, 0.5) is 9.59 Å². The van der Waals surface area contributed by atoms with Gasteiger partial charge in [-0.1, -0.05) is 0 Å². The maximum atomic E-state index is 11.3. The molecule has 0 fully saturated rings. The molecule has 252 valence electrons. The fourth-order valence-electron chi connectivity index (χ4n) is 2.68. The third-order valence-corrected chi connectivity index (χ3v) is 4.31. The van der Waals surface area contributed by atoms with Gasteiger partial charge in [0, 0.05) is 13.1 Å². The molecule has 0 aliphatic rings.